The third-order valence-electron chi connectivity index (χ3n) is 3.20. The van der Waals surface area contributed by atoms with Crippen molar-refractivity contribution in [2.45, 2.75) is 40.7 Å². The van der Waals surface area contributed by atoms with Gasteiger partial charge in [0, 0.05) is 19.5 Å². The van der Waals surface area contributed by atoms with Crippen molar-refractivity contribution in [3.63, 3.8) is 0 Å². The van der Waals surface area contributed by atoms with Crippen LogP contribution in [0.5, 0.6) is 0 Å². The van der Waals surface area contributed by atoms with E-state index in [1.165, 1.54) is 0 Å². The molecule has 0 aromatic carbocycles. The molecule has 0 aliphatic carbocycles. The lowest BCUT2D eigenvalue weighted by molar-refractivity contribution is 0.0521. The van der Waals surface area contributed by atoms with Crippen molar-refractivity contribution in [3.8, 4) is 0 Å². The van der Waals surface area contributed by atoms with Crippen molar-refractivity contribution >= 4 is 11.8 Å². The summed E-state index contributed by atoms with van der Waals surface area (Å²) in [5, 5.41) is 0. The monoisotopic (exact) mass is 296 g/mol. The Balaban J connectivity index is 3.09. The van der Waals surface area contributed by atoms with E-state index in [2.05, 4.69) is 23.7 Å². The number of aryl methyl sites for hydroxylation is 1. The zero-order valence-corrected chi connectivity index (χ0v) is 14.1. The number of hydrogen-bond acceptors (Lipinski definition) is 5. The second kappa shape index (κ2) is 6.93. The van der Waals surface area contributed by atoms with Gasteiger partial charge in [0.2, 0.25) is 0 Å². The van der Waals surface area contributed by atoms with Gasteiger partial charge in [0.15, 0.2) is 5.69 Å². The number of carbonyl (C=O) groups is 1. The van der Waals surface area contributed by atoms with Crippen LogP contribution < -0.4 is 5.73 Å². The van der Waals surface area contributed by atoms with E-state index in [1.54, 1.807) is 6.92 Å². The molecule has 0 bridgehead atoms. The lowest BCUT2D eigenvalue weighted by Crippen LogP contribution is -2.33. The molecular weight excluding hydrogens is 268 g/mol. The fraction of sp³-hybridized carbons (Fsp3) is 0.733. The number of nitrogens with zero attached hydrogens (tertiary/aromatic N) is 3. The summed E-state index contributed by atoms with van der Waals surface area (Å²) in [4.78, 5) is 18.4. The Hall–Kier alpha value is -1.56. The van der Waals surface area contributed by atoms with E-state index in [1.807, 2.05) is 25.6 Å². The Kier molecular flexibility index (Phi) is 5.78. The highest BCUT2D eigenvalue weighted by Crippen LogP contribution is 2.25. The third kappa shape index (κ3) is 4.46. The molecule has 0 saturated carbocycles. The molecule has 6 heteroatoms. The normalized spacial score (nSPS) is 12.0. The van der Waals surface area contributed by atoms with E-state index in [0.717, 1.165) is 18.8 Å². The number of hydrogen-bond donors (Lipinski definition) is 1. The smallest absolute Gasteiger partial charge is 0.360 e. The van der Waals surface area contributed by atoms with E-state index in [9.17, 15) is 4.79 Å². The maximum atomic E-state index is 11.9. The number of anilines is 1. The second-order valence-corrected chi connectivity index (χ2v) is 6.32. The first-order chi connectivity index (χ1) is 9.71. The standard InChI is InChI=1S/C15H28N4O2/c1-7-11-17-12(14(20)21-8-2)13(16)19(11)10-15(3,4)9-18(5)6/h7-10,16H2,1-6H3. The Morgan fingerprint density at radius 1 is 1.38 bits per heavy atom. The van der Waals surface area contributed by atoms with Crippen LogP contribution >= 0.6 is 0 Å². The average Bonchev–Trinajstić information content (AvgIpc) is 2.65. The number of ether oxygens (including phenoxy) is 1. The zero-order valence-electron chi connectivity index (χ0n) is 14.1. The number of aromatic nitrogens is 2. The predicted molar refractivity (Wildman–Crippen MR) is 84.3 cm³/mol. The molecule has 21 heavy (non-hydrogen) atoms. The van der Waals surface area contributed by atoms with Crippen molar-refractivity contribution in [3.05, 3.63) is 11.5 Å². The molecule has 1 heterocycles. The number of imidazole rings is 1. The van der Waals surface area contributed by atoms with E-state index >= 15 is 0 Å². The minimum Gasteiger partial charge on any atom is -0.461 e. The summed E-state index contributed by atoms with van der Waals surface area (Å²) >= 11 is 0. The van der Waals surface area contributed by atoms with Gasteiger partial charge in [-0.15, -0.1) is 0 Å². The van der Waals surface area contributed by atoms with Gasteiger partial charge in [-0.2, -0.15) is 0 Å². The molecule has 2 N–H and O–H groups in total. The van der Waals surface area contributed by atoms with Gasteiger partial charge in [0.1, 0.15) is 11.6 Å². The fourth-order valence-corrected chi connectivity index (χ4v) is 2.64. The number of nitrogen functional groups attached to an aromatic ring is 1. The Morgan fingerprint density at radius 3 is 2.48 bits per heavy atom. The van der Waals surface area contributed by atoms with Gasteiger partial charge in [-0.25, -0.2) is 9.78 Å². The molecule has 1 rings (SSSR count). The van der Waals surface area contributed by atoms with Crippen molar-refractivity contribution in [1.82, 2.24) is 14.5 Å². The van der Waals surface area contributed by atoms with E-state index in [4.69, 9.17) is 10.5 Å². The van der Waals surface area contributed by atoms with Crippen LogP contribution in [0.1, 0.15) is 44.0 Å². The van der Waals surface area contributed by atoms with Crippen molar-refractivity contribution in [2.24, 2.45) is 5.41 Å². The molecule has 0 radical (unpaired) electrons. The average molecular weight is 296 g/mol. The molecule has 0 unspecified atom stereocenters. The Morgan fingerprint density at radius 2 is 2.00 bits per heavy atom. The van der Waals surface area contributed by atoms with E-state index < -0.39 is 5.97 Å². The largest absolute Gasteiger partial charge is 0.461 e. The molecule has 0 spiro atoms. The number of rotatable bonds is 7. The molecule has 0 saturated heterocycles. The van der Waals surface area contributed by atoms with Crippen molar-refractivity contribution in [1.29, 1.82) is 0 Å². The van der Waals surface area contributed by atoms with Crippen LogP contribution in [-0.4, -0.2) is 47.7 Å². The van der Waals surface area contributed by atoms with Gasteiger partial charge in [-0.1, -0.05) is 20.8 Å². The highest BCUT2D eigenvalue weighted by Gasteiger charge is 2.26. The summed E-state index contributed by atoms with van der Waals surface area (Å²) in [6, 6.07) is 0. The molecule has 1 aromatic rings. The maximum absolute atomic E-state index is 11.9. The summed E-state index contributed by atoms with van der Waals surface area (Å²) in [5.41, 5.74) is 6.39. The first kappa shape index (κ1) is 17.5. The van der Waals surface area contributed by atoms with Crippen LogP contribution in [0.25, 0.3) is 0 Å². The van der Waals surface area contributed by atoms with Gasteiger partial charge < -0.3 is 19.9 Å². The minimum atomic E-state index is -0.450. The molecule has 6 nitrogen and oxygen atoms in total. The highest BCUT2D eigenvalue weighted by molar-refractivity contribution is 5.92. The van der Waals surface area contributed by atoms with Crippen LogP contribution in [0.4, 0.5) is 5.82 Å². The molecule has 0 atom stereocenters. The molecular formula is C15H28N4O2. The topological polar surface area (TPSA) is 73.4 Å². The van der Waals surface area contributed by atoms with E-state index in [0.29, 0.717) is 19.0 Å². The molecule has 120 valence electrons. The lowest BCUT2D eigenvalue weighted by atomic mass is 9.92. The van der Waals surface area contributed by atoms with E-state index in [-0.39, 0.29) is 11.1 Å². The molecule has 0 amide bonds. The van der Waals surface area contributed by atoms with Crippen LogP contribution in [0.15, 0.2) is 0 Å². The lowest BCUT2D eigenvalue weighted by Gasteiger charge is -2.29. The third-order valence-corrected chi connectivity index (χ3v) is 3.20. The number of esters is 1. The summed E-state index contributed by atoms with van der Waals surface area (Å²) in [6.07, 6.45) is 0.724. The molecule has 0 fully saturated rings. The predicted octanol–water partition coefficient (Wildman–Crippen LogP) is 1.79. The van der Waals surface area contributed by atoms with Gasteiger partial charge in [-0.05, 0) is 26.4 Å². The SMILES string of the molecule is CCOC(=O)c1nc(CC)n(CC(C)(C)CN(C)C)c1N. The molecule has 0 aliphatic rings. The second-order valence-electron chi connectivity index (χ2n) is 6.32. The van der Waals surface area contributed by atoms with Crippen molar-refractivity contribution in [2.75, 3.05) is 33.0 Å². The number of nitrogens with two attached hydrogens (primary N) is 1. The quantitative estimate of drug-likeness (QED) is 0.777. The zero-order chi connectivity index (χ0) is 16.2. The van der Waals surface area contributed by atoms with Crippen LogP contribution in [0.3, 0.4) is 0 Å². The summed E-state index contributed by atoms with van der Waals surface area (Å²) in [5.74, 6) is 0.772. The van der Waals surface area contributed by atoms with Crippen LogP contribution in [0, 0.1) is 5.41 Å². The molecule has 1 aromatic heterocycles. The van der Waals surface area contributed by atoms with Crippen molar-refractivity contribution < 1.29 is 9.53 Å². The fourth-order valence-electron chi connectivity index (χ4n) is 2.64. The number of carbonyl (C=O) groups excluding carboxylic acids is 1. The minimum absolute atomic E-state index is 0.0220. The summed E-state index contributed by atoms with van der Waals surface area (Å²) < 4.78 is 6.95. The summed E-state index contributed by atoms with van der Waals surface area (Å²) in [6.45, 7) is 10.1. The Labute approximate surface area is 127 Å². The maximum Gasteiger partial charge on any atom is 0.360 e. The van der Waals surface area contributed by atoms with Gasteiger partial charge in [0.05, 0.1) is 6.61 Å². The summed E-state index contributed by atoms with van der Waals surface area (Å²) in [7, 11) is 4.09. The van der Waals surface area contributed by atoms with Gasteiger partial charge >= 0.3 is 5.97 Å². The first-order valence-electron chi connectivity index (χ1n) is 7.38. The van der Waals surface area contributed by atoms with Crippen LogP contribution in [-0.2, 0) is 17.7 Å². The molecule has 0 aliphatic heterocycles. The van der Waals surface area contributed by atoms with Gasteiger partial charge in [-0.3, -0.25) is 0 Å². The Bertz CT molecular complexity index is 492. The van der Waals surface area contributed by atoms with Gasteiger partial charge in [0.25, 0.3) is 0 Å². The van der Waals surface area contributed by atoms with Crippen LogP contribution in [0.2, 0.25) is 0 Å². The first-order valence-corrected chi connectivity index (χ1v) is 7.38. The highest BCUT2D eigenvalue weighted by atomic mass is 16.5.